The molecule has 0 aliphatic heterocycles. The number of nitrogens with one attached hydrogen (secondary N) is 1. The van der Waals surface area contributed by atoms with Gasteiger partial charge in [-0.3, -0.25) is 4.79 Å². The Morgan fingerprint density at radius 1 is 1.12 bits per heavy atom. The summed E-state index contributed by atoms with van der Waals surface area (Å²) in [5, 5.41) is 25.8. The Morgan fingerprint density at radius 2 is 1.76 bits per heavy atom. The molecule has 0 radical (unpaired) electrons. The van der Waals surface area contributed by atoms with Gasteiger partial charge in [0.15, 0.2) is 5.78 Å². The molecular weight excluding hydrogens is 318 g/mol. The fourth-order valence-electron chi connectivity index (χ4n) is 1.64. The standard InChI is InChI=1S/C18H17NO4.C2H6/c1-2-5-16(20)11-10-15(19)8-4-9-17(21)13-6-3-7-14(12-13)18(22)23;1-2/h2-8,10-12,19-20H,1,9H2,(H,22,23);1-2H3/b8-4-,11-10+,16-5-,19-15?;. The van der Waals surface area contributed by atoms with Crippen molar-refractivity contribution in [3.05, 3.63) is 84.2 Å². The average Bonchev–Trinajstić information content (AvgIpc) is 2.62. The summed E-state index contributed by atoms with van der Waals surface area (Å²) < 4.78 is 0. The molecule has 3 N–H and O–H groups in total. The molecule has 0 saturated carbocycles. The molecule has 1 aromatic carbocycles. The molecule has 132 valence electrons. The number of hydrogen-bond acceptors (Lipinski definition) is 4. The van der Waals surface area contributed by atoms with E-state index in [-0.39, 0.29) is 29.2 Å². The number of carbonyl (C=O) groups excluding carboxylic acids is 1. The topological polar surface area (TPSA) is 98.5 Å². The predicted octanol–water partition coefficient (Wildman–Crippen LogP) is 4.74. The van der Waals surface area contributed by atoms with Gasteiger partial charge in [-0.2, -0.15) is 0 Å². The zero-order valence-electron chi connectivity index (χ0n) is 14.4. The third-order valence-electron chi connectivity index (χ3n) is 2.75. The van der Waals surface area contributed by atoms with Crippen molar-refractivity contribution >= 4 is 17.5 Å². The summed E-state index contributed by atoms with van der Waals surface area (Å²) in [5.74, 6) is -1.36. The van der Waals surface area contributed by atoms with Gasteiger partial charge in [0.1, 0.15) is 5.76 Å². The summed E-state index contributed by atoms with van der Waals surface area (Å²) in [5.41, 5.74) is 0.476. The van der Waals surface area contributed by atoms with Crippen molar-refractivity contribution in [3.63, 3.8) is 0 Å². The van der Waals surface area contributed by atoms with E-state index in [1.165, 1.54) is 54.7 Å². The van der Waals surface area contributed by atoms with Gasteiger partial charge in [0.05, 0.1) is 11.3 Å². The summed E-state index contributed by atoms with van der Waals surface area (Å²) in [4.78, 5) is 22.8. The van der Waals surface area contributed by atoms with Gasteiger partial charge in [0, 0.05) is 12.0 Å². The molecule has 0 spiro atoms. The summed E-state index contributed by atoms with van der Waals surface area (Å²) in [6.07, 6.45) is 8.50. The highest BCUT2D eigenvalue weighted by atomic mass is 16.4. The van der Waals surface area contributed by atoms with Gasteiger partial charge in [-0.15, -0.1) is 0 Å². The number of carboxylic acid groups (broad SMARTS) is 1. The molecule has 5 nitrogen and oxygen atoms in total. The van der Waals surface area contributed by atoms with E-state index in [1.807, 2.05) is 13.8 Å². The molecule has 0 fully saturated rings. The Bertz CT molecular complexity index is 712. The Kier molecular flexibility index (Phi) is 10.7. The van der Waals surface area contributed by atoms with E-state index in [4.69, 9.17) is 10.5 Å². The van der Waals surface area contributed by atoms with Crippen LogP contribution in [0.3, 0.4) is 0 Å². The number of hydrogen-bond donors (Lipinski definition) is 3. The molecule has 0 atom stereocenters. The van der Waals surface area contributed by atoms with E-state index in [0.29, 0.717) is 5.56 Å². The van der Waals surface area contributed by atoms with Gasteiger partial charge in [-0.1, -0.05) is 44.7 Å². The van der Waals surface area contributed by atoms with Crippen LogP contribution in [-0.4, -0.2) is 27.7 Å². The average molecular weight is 341 g/mol. The smallest absolute Gasteiger partial charge is 0.335 e. The normalized spacial score (nSPS) is 11.0. The van der Waals surface area contributed by atoms with E-state index >= 15 is 0 Å². The molecule has 5 heteroatoms. The van der Waals surface area contributed by atoms with Crippen LogP contribution >= 0.6 is 0 Å². The first-order valence-electron chi connectivity index (χ1n) is 7.75. The van der Waals surface area contributed by atoms with Crippen LogP contribution in [-0.2, 0) is 0 Å². The molecular formula is C20H23NO4. The number of allylic oxidation sites excluding steroid dienone is 6. The number of benzene rings is 1. The van der Waals surface area contributed by atoms with Crippen molar-refractivity contribution in [2.24, 2.45) is 0 Å². The second-order valence-electron chi connectivity index (χ2n) is 4.53. The van der Waals surface area contributed by atoms with Crippen LogP contribution in [0.2, 0.25) is 0 Å². The molecule has 0 saturated heterocycles. The van der Waals surface area contributed by atoms with Crippen molar-refractivity contribution in [1.82, 2.24) is 0 Å². The molecule has 25 heavy (non-hydrogen) atoms. The van der Waals surface area contributed by atoms with Gasteiger partial charge >= 0.3 is 5.97 Å². The molecule has 1 rings (SSSR count). The predicted molar refractivity (Wildman–Crippen MR) is 101 cm³/mol. The van der Waals surface area contributed by atoms with E-state index in [2.05, 4.69) is 6.58 Å². The second-order valence-corrected chi connectivity index (χ2v) is 4.53. The van der Waals surface area contributed by atoms with Gasteiger partial charge in [-0.25, -0.2) is 4.79 Å². The second kappa shape index (κ2) is 12.2. The monoisotopic (exact) mass is 341 g/mol. The largest absolute Gasteiger partial charge is 0.508 e. The number of Topliss-reactive ketones (excluding diaryl/α,β-unsaturated/α-hetero) is 1. The van der Waals surface area contributed by atoms with E-state index in [9.17, 15) is 14.7 Å². The summed E-state index contributed by atoms with van der Waals surface area (Å²) in [7, 11) is 0. The van der Waals surface area contributed by atoms with Gasteiger partial charge in [0.2, 0.25) is 0 Å². The van der Waals surface area contributed by atoms with E-state index < -0.39 is 5.97 Å². The lowest BCUT2D eigenvalue weighted by Crippen LogP contribution is -2.02. The number of aliphatic hydroxyl groups is 1. The number of carbonyl (C=O) groups is 2. The first-order valence-corrected chi connectivity index (χ1v) is 7.75. The quantitative estimate of drug-likeness (QED) is 0.275. The third-order valence-corrected chi connectivity index (χ3v) is 2.75. The zero-order chi connectivity index (χ0) is 19.2. The van der Waals surface area contributed by atoms with Crippen LogP contribution in [0.4, 0.5) is 0 Å². The van der Waals surface area contributed by atoms with Gasteiger partial charge in [0.25, 0.3) is 0 Å². The Balaban J connectivity index is 0.00000277. The number of carboxylic acids is 1. The Morgan fingerprint density at radius 3 is 2.36 bits per heavy atom. The first-order chi connectivity index (χ1) is 11.9. The van der Waals surface area contributed by atoms with Crippen LogP contribution < -0.4 is 0 Å². The van der Waals surface area contributed by atoms with Gasteiger partial charge in [-0.05, 0) is 36.4 Å². The summed E-state index contributed by atoms with van der Waals surface area (Å²) >= 11 is 0. The highest BCUT2D eigenvalue weighted by Crippen LogP contribution is 2.08. The molecule has 0 bridgehead atoms. The van der Waals surface area contributed by atoms with Crippen LogP contribution in [0.25, 0.3) is 0 Å². The molecule has 0 unspecified atom stereocenters. The molecule has 0 amide bonds. The summed E-state index contributed by atoms with van der Waals surface area (Å²) in [6.45, 7) is 7.43. The van der Waals surface area contributed by atoms with E-state index in [0.717, 1.165) is 0 Å². The SMILES string of the molecule is C=C/C=C(O)/C=C/C(=N)/C=C\CC(=O)c1cccc(C(=O)O)c1.CC. The van der Waals surface area contributed by atoms with Crippen molar-refractivity contribution in [2.45, 2.75) is 20.3 Å². The lowest BCUT2D eigenvalue weighted by atomic mass is 10.0. The molecule has 1 aromatic rings. The lowest BCUT2D eigenvalue weighted by molar-refractivity contribution is 0.0697. The molecule has 0 aliphatic rings. The number of ketones is 1. The number of aromatic carboxylic acids is 1. The van der Waals surface area contributed by atoms with Crippen LogP contribution in [0.1, 0.15) is 41.0 Å². The van der Waals surface area contributed by atoms with Gasteiger partial charge < -0.3 is 15.6 Å². The number of aliphatic hydroxyl groups excluding tert-OH is 1. The summed E-state index contributed by atoms with van der Waals surface area (Å²) in [6, 6.07) is 5.80. The molecule has 0 heterocycles. The minimum Gasteiger partial charge on any atom is -0.508 e. The third kappa shape index (κ3) is 8.86. The maximum atomic E-state index is 12.0. The Hall–Kier alpha value is -3.21. The maximum Gasteiger partial charge on any atom is 0.335 e. The van der Waals surface area contributed by atoms with Crippen molar-refractivity contribution in [2.75, 3.05) is 0 Å². The van der Waals surface area contributed by atoms with Crippen LogP contribution in [0.15, 0.2) is 73.1 Å². The van der Waals surface area contributed by atoms with Crippen LogP contribution in [0, 0.1) is 5.41 Å². The molecule has 0 aromatic heterocycles. The zero-order valence-corrected chi connectivity index (χ0v) is 14.4. The van der Waals surface area contributed by atoms with Crippen molar-refractivity contribution in [1.29, 1.82) is 5.41 Å². The maximum absolute atomic E-state index is 12.0. The lowest BCUT2D eigenvalue weighted by Gasteiger charge is -1.99. The van der Waals surface area contributed by atoms with Crippen LogP contribution in [0.5, 0.6) is 0 Å². The first kappa shape index (κ1) is 21.8. The van der Waals surface area contributed by atoms with Crippen molar-refractivity contribution < 1.29 is 19.8 Å². The highest BCUT2D eigenvalue weighted by molar-refractivity contribution is 6.03. The minimum atomic E-state index is -1.09. The fraction of sp³-hybridized carbons (Fsp3) is 0.150. The minimum absolute atomic E-state index is 0.0280. The van der Waals surface area contributed by atoms with E-state index in [1.54, 1.807) is 6.07 Å². The molecule has 0 aliphatic carbocycles. The Labute approximate surface area is 147 Å². The van der Waals surface area contributed by atoms with Crippen molar-refractivity contribution in [3.8, 4) is 0 Å². The number of rotatable bonds is 8. The highest BCUT2D eigenvalue weighted by Gasteiger charge is 2.08. The fourth-order valence-corrected chi connectivity index (χ4v) is 1.64.